The maximum atomic E-state index is 13.1. The maximum absolute atomic E-state index is 13.1. The molecule has 2 amide bonds. The highest BCUT2D eigenvalue weighted by molar-refractivity contribution is 7.91. The summed E-state index contributed by atoms with van der Waals surface area (Å²) in [4.78, 5) is 24.4. The molecule has 0 fully saturated rings. The van der Waals surface area contributed by atoms with Crippen molar-refractivity contribution >= 4 is 33.3 Å². The summed E-state index contributed by atoms with van der Waals surface area (Å²) < 4.78 is 31.5. The first-order valence-electron chi connectivity index (χ1n) is 10.1. The summed E-state index contributed by atoms with van der Waals surface area (Å²) in [6.45, 7) is 0.0542. The number of hydrogen-bond acceptors (Lipinski definition) is 5. The van der Waals surface area contributed by atoms with E-state index in [9.17, 15) is 18.0 Å². The Hall–Kier alpha value is -2.58. The molecule has 0 saturated heterocycles. The van der Waals surface area contributed by atoms with Crippen LogP contribution in [0.1, 0.15) is 43.1 Å². The molecule has 1 aromatic heterocycles. The first-order valence-corrected chi connectivity index (χ1v) is 12.1. The number of rotatable bonds is 8. The SMILES string of the molecule is O=C(NCCC1=CCCCC1)C(=O)NC[C@H](c1ccco1)S(=O)(=O)c1ccc(Cl)cc1. The molecule has 0 spiro atoms. The Bertz CT molecular complexity index is 1030. The average molecular weight is 465 g/mol. The largest absolute Gasteiger partial charge is 0.468 e. The minimum absolute atomic E-state index is 0.0396. The lowest BCUT2D eigenvalue weighted by molar-refractivity contribution is -0.139. The summed E-state index contributed by atoms with van der Waals surface area (Å²) in [5, 5.41) is 4.22. The number of benzene rings is 1. The molecule has 1 aliphatic carbocycles. The topological polar surface area (TPSA) is 105 Å². The van der Waals surface area contributed by atoms with Crippen LogP contribution in [-0.4, -0.2) is 33.3 Å². The Morgan fingerprint density at radius 3 is 2.45 bits per heavy atom. The van der Waals surface area contributed by atoms with Gasteiger partial charge >= 0.3 is 11.8 Å². The van der Waals surface area contributed by atoms with Crippen molar-refractivity contribution in [3.63, 3.8) is 0 Å². The summed E-state index contributed by atoms with van der Waals surface area (Å²) in [6, 6.07) is 8.81. The molecule has 3 rings (SSSR count). The van der Waals surface area contributed by atoms with E-state index in [-0.39, 0.29) is 17.2 Å². The molecule has 2 N–H and O–H groups in total. The second-order valence-corrected chi connectivity index (χ2v) is 9.89. The van der Waals surface area contributed by atoms with Crippen LogP contribution in [-0.2, 0) is 19.4 Å². The molecule has 166 valence electrons. The number of carbonyl (C=O) groups excluding carboxylic acids is 2. The predicted molar refractivity (Wildman–Crippen MR) is 117 cm³/mol. The minimum Gasteiger partial charge on any atom is -0.468 e. The first-order chi connectivity index (χ1) is 14.9. The van der Waals surface area contributed by atoms with Gasteiger partial charge in [-0.05, 0) is 68.5 Å². The van der Waals surface area contributed by atoms with Crippen molar-refractivity contribution in [2.24, 2.45) is 0 Å². The number of sulfone groups is 1. The standard InChI is InChI=1S/C22H25ClN2O5S/c23-17-8-10-18(11-9-17)31(28,29)20(19-7-4-14-30-19)15-25-22(27)21(26)24-13-12-16-5-2-1-3-6-16/h4-5,7-11,14,20H,1-3,6,12-13,15H2,(H,24,26)(H,25,27)/t20-/m1/s1. The Kier molecular flexibility index (Phi) is 7.92. The molecule has 2 aromatic rings. The Balaban J connectivity index is 1.61. The molecule has 0 unspecified atom stereocenters. The third kappa shape index (κ3) is 6.21. The molecule has 0 saturated carbocycles. The normalized spacial score (nSPS) is 15.1. The molecule has 1 aromatic carbocycles. The number of carbonyl (C=O) groups is 2. The molecule has 1 atom stereocenters. The zero-order valence-electron chi connectivity index (χ0n) is 17.0. The molecule has 0 bridgehead atoms. The van der Waals surface area contributed by atoms with E-state index in [1.807, 2.05) is 0 Å². The van der Waals surface area contributed by atoms with Crippen LogP contribution in [0.25, 0.3) is 0 Å². The molecule has 1 heterocycles. The van der Waals surface area contributed by atoms with Gasteiger partial charge in [0.05, 0.1) is 11.2 Å². The van der Waals surface area contributed by atoms with Gasteiger partial charge in [-0.2, -0.15) is 0 Å². The molecule has 9 heteroatoms. The molecule has 7 nitrogen and oxygen atoms in total. The van der Waals surface area contributed by atoms with Gasteiger partial charge in [-0.1, -0.05) is 23.3 Å². The second-order valence-electron chi connectivity index (χ2n) is 7.33. The van der Waals surface area contributed by atoms with Crippen LogP contribution in [0.3, 0.4) is 0 Å². The highest BCUT2D eigenvalue weighted by Crippen LogP contribution is 2.29. The van der Waals surface area contributed by atoms with Crippen molar-refractivity contribution in [2.45, 2.75) is 42.2 Å². The van der Waals surface area contributed by atoms with Crippen LogP contribution in [0.4, 0.5) is 0 Å². The number of furan rings is 1. The molecule has 0 aliphatic heterocycles. The van der Waals surface area contributed by atoms with Crippen molar-refractivity contribution in [3.05, 3.63) is 65.1 Å². The van der Waals surface area contributed by atoms with Gasteiger partial charge in [-0.25, -0.2) is 8.42 Å². The lowest BCUT2D eigenvalue weighted by atomic mass is 9.97. The second kappa shape index (κ2) is 10.6. The van der Waals surface area contributed by atoms with Gasteiger partial charge in [0.25, 0.3) is 0 Å². The summed E-state index contributed by atoms with van der Waals surface area (Å²) in [7, 11) is -3.90. The van der Waals surface area contributed by atoms with Gasteiger partial charge < -0.3 is 15.1 Å². The summed E-state index contributed by atoms with van der Waals surface area (Å²) in [5.41, 5.74) is 1.29. The smallest absolute Gasteiger partial charge is 0.309 e. The highest BCUT2D eigenvalue weighted by atomic mass is 35.5. The minimum atomic E-state index is -3.90. The van der Waals surface area contributed by atoms with Crippen molar-refractivity contribution in [1.29, 1.82) is 0 Å². The number of halogens is 1. The summed E-state index contributed by atoms with van der Waals surface area (Å²) in [5.74, 6) is -1.51. The fraction of sp³-hybridized carbons (Fsp3) is 0.364. The van der Waals surface area contributed by atoms with E-state index in [0.29, 0.717) is 18.0 Å². The lowest BCUT2D eigenvalue weighted by Gasteiger charge is -2.17. The van der Waals surface area contributed by atoms with Crippen LogP contribution in [0.15, 0.2) is 63.6 Å². The van der Waals surface area contributed by atoms with E-state index in [1.54, 1.807) is 6.07 Å². The number of hydrogen-bond donors (Lipinski definition) is 2. The van der Waals surface area contributed by atoms with Crippen LogP contribution >= 0.6 is 11.6 Å². The summed E-state index contributed by atoms with van der Waals surface area (Å²) in [6.07, 6.45) is 8.67. The van der Waals surface area contributed by atoms with E-state index in [2.05, 4.69) is 16.7 Å². The van der Waals surface area contributed by atoms with Gasteiger partial charge in [-0.15, -0.1) is 0 Å². The van der Waals surface area contributed by atoms with Crippen molar-refractivity contribution in [2.75, 3.05) is 13.1 Å². The number of amides is 2. The molecule has 1 aliphatic rings. The highest BCUT2D eigenvalue weighted by Gasteiger charge is 2.32. The first kappa shape index (κ1) is 23.1. The Morgan fingerprint density at radius 1 is 1.06 bits per heavy atom. The third-order valence-corrected chi connectivity index (χ3v) is 7.48. The third-order valence-electron chi connectivity index (χ3n) is 5.15. The van der Waals surface area contributed by atoms with E-state index in [1.165, 1.54) is 48.6 Å². The van der Waals surface area contributed by atoms with Gasteiger partial charge in [0, 0.05) is 18.1 Å². The predicted octanol–water partition coefficient (Wildman–Crippen LogP) is 3.57. The molecular weight excluding hydrogens is 440 g/mol. The van der Waals surface area contributed by atoms with E-state index >= 15 is 0 Å². The van der Waals surface area contributed by atoms with Gasteiger partial charge in [0.1, 0.15) is 11.0 Å². The fourth-order valence-electron chi connectivity index (χ4n) is 3.44. The van der Waals surface area contributed by atoms with Crippen LogP contribution in [0, 0.1) is 0 Å². The van der Waals surface area contributed by atoms with Crippen molar-refractivity contribution < 1.29 is 22.4 Å². The Morgan fingerprint density at radius 2 is 1.81 bits per heavy atom. The quantitative estimate of drug-likeness (QED) is 0.459. The maximum Gasteiger partial charge on any atom is 0.309 e. The van der Waals surface area contributed by atoms with Crippen LogP contribution in [0.2, 0.25) is 5.02 Å². The van der Waals surface area contributed by atoms with Gasteiger partial charge in [0.2, 0.25) is 0 Å². The van der Waals surface area contributed by atoms with Crippen molar-refractivity contribution in [1.82, 2.24) is 10.6 Å². The Labute approximate surface area is 186 Å². The van der Waals surface area contributed by atoms with Gasteiger partial charge in [-0.3, -0.25) is 9.59 Å². The zero-order valence-corrected chi connectivity index (χ0v) is 18.5. The summed E-state index contributed by atoms with van der Waals surface area (Å²) >= 11 is 5.85. The number of nitrogens with one attached hydrogen (secondary N) is 2. The monoisotopic (exact) mass is 464 g/mol. The van der Waals surface area contributed by atoms with Gasteiger partial charge in [0.15, 0.2) is 9.84 Å². The fourth-order valence-corrected chi connectivity index (χ4v) is 5.15. The molecular formula is C22H25ClN2O5S. The van der Waals surface area contributed by atoms with E-state index in [0.717, 1.165) is 19.3 Å². The number of allylic oxidation sites excluding steroid dienone is 1. The lowest BCUT2D eigenvalue weighted by Crippen LogP contribution is -2.42. The average Bonchev–Trinajstić information content (AvgIpc) is 3.29. The molecule has 0 radical (unpaired) electrons. The van der Waals surface area contributed by atoms with Crippen LogP contribution < -0.4 is 10.6 Å². The van der Waals surface area contributed by atoms with Crippen molar-refractivity contribution in [3.8, 4) is 0 Å². The van der Waals surface area contributed by atoms with E-state index in [4.69, 9.17) is 16.0 Å². The van der Waals surface area contributed by atoms with E-state index < -0.39 is 26.9 Å². The molecule has 31 heavy (non-hydrogen) atoms. The van der Waals surface area contributed by atoms with Crippen LogP contribution in [0.5, 0.6) is 0 Å². The zero-order chi connectivity index (χ0) is 22.3.